The summed E-state index contributed by atoms with van der Waals surface area (Å²) < 4.78 is 0. The molecule has 0 aromatic carbocycles. The second-order valence-electron chi connectivity index (χ2n) is 2.63. The molecule has 1 aromatic heterocycles. The summed E-state index contributed by atoms with van der Waals surface area (Å²) in [6, 6.07) is 3.41. The van der Waals surface area contributed by atoms with Crippen LogP contribution in [-0.4, -0.2) is 11.5 Å². The SMILES string of the molecule is CCCNc1cc(C#N)sc1[N+](=O)[O-]. The van der Waals surface area contributed by atoms with Crippen LogP contribution in [0.4, 0.5) is 10.7 Å². The fraction of sp³-hybridized carbons (Fsp3) is 0.375. The molecule has 74 valence electrons. The van der Waals surface area contributed by atoms with Crippen LogP contribution in [0.15, 0.2) is 6.07 Å². The maximum Gasteiger partial charge on any atom is 0.348 e. The molecule has 1 aromatic rings. The summed E-state index contributed by atoms with van der Waals surface area (Å²) in [6.07, 6.45) is 0.884. The minimum absolute atomic E-state index is 0.00926. The van der Waals surface area contributed by atoms with Crippen LogP contribution in [0.5, 0.6) is 0 Å². The zero-order valence-corrected chi connectivity index (χ0v) is 8.43. The van der Waals surface area contributed by atoms with Crippen LogP contribution < -0.4 is 5.32 Å². The van der Waals surface area contributed by atoms with Crippen LogP contribution in [0.2, 0.25) is 0 Å². The molecule has 0 amide bonds. The van der Waals surface area contributed by atoms with Crippen molar-refractivity contribution in [1.82, 2.24) is 0 Å². The van der Waals surface area contributed by atoms with E-state index in [1.807, 2.05) is 13.0 Å². The Balaban J connectivity index is 2.95. The quantitative estimate of drug-likeness (QED) is 0.612. The summed E-state index contributed by atoms with van der Waals surface area (Å²) in [5.74, 6) is 0. The number of hydrogen-bond acceptors (Lipinski definition) is 5. The third-order valence-corrected chi connectivity index (χ3v) is 2.55. The maximum atomic E-state index is 10.6. The molecule has 0 unspecified atom stereocenters. The van der Waals surface area contributed by atoms with Gasteiger partial charge >= 0.3 is 5.00 Å². The largest absolute Gasteiger partial charge is 0.379 e. The standard InChI is InChI=1S/C8H9N3O2S/c1-2-3-10-7-4-6(5-9)14-8(7)11(12)13/h4,10H,2-3H2,1H3. The zero-order valence-electron chi connectivity index (χ0n) is 7.61. The van der Waals surface area contributed by atoms with Crippen molar-refractivity contribution in [3.63, 3.8) is 0 Å². The number of rotatable bonds is 4. The number of hydrogen-bond donors (Lipinski definition) is 1. The lowest BCUT2D eigenvalue weighted by Gasteiger charge is -1.99. The predicted octanol–water partition coefficient (Wildman–Crippen LogP) is 2.35. The highest BCUT2D eigenvalue weighted by atomic mass is 32.1. The van der Waals surface area contributed by atoms with Gasteiger partial charge in [0.25, 0.3) is 0 Å². The van der Waals surface area contributed by atoms with Crippen LogP contribution in [0.1, 0.15) is 18.2 Å². The molecule has 5 nitrogen and oxygen atoms in total. The van der Waals surface area contributed by atoms with Crippen molar-refractivity contribution in [2.24, 2.45) is 0 Å². The number of nitriles is 1. The molecule has 0 spiro atoms. The van der Waals surface area contributed by atoms with Crippen LogP contribution in [0.3, 0.4) is 0 Å². The number of anilines is 1. The Kier molecular flexibility index (Phi) is 3.42. The summed E-state index contributed by atoms with van der Waals surface area (Å²) in [7, 11) is 0. The lowest BCUT2D eigenvalue weighted by molar-refractivity contribution is -0.379. The Bertz CT molecular complexity index is 380. The van der Waals surface area contributed by atoms with E-state index in [1.165, 1.54) is 6.07 Å². The smallest absolute Gasteiger partial charge is 0.348 e. The molecular weight excluding hydrogens is 202 g/mol. The first-order valence-electron chi connectivity index (χ1n) is 4.11. The van der Waals surface area contributed by atoms with Gasteiger partial charge in [0, 0.05) is 6.54 Å². The van der Waals surface area contributed by atoms with Gasteiger partial charge < -0.3 is 5.32 Å². The second-order valence-corrected chi connectivity index (χ2v) is 3.66. The van der Waals surface area contributed by atoms with Gasteiger partial charge in [-0.2, -0.15) is 5.26 Å². The van der Waals surface area contributed by atoms with E-state index in [1.54, 1.807) is 0 Å². The van der Waals surface area contributed by atoms with Crippen molar-refractivity contribution >= 4 is 22.0 Å². The molecule has 1 heterocycles. The van der Waals surface area contributed by atoms with Gasteiger partial charge in [-0.3, -0.25) is 10.1 Å². The lowest BCUT2D eigenvalue weighted by Crippen LogP contribution is -2.00. The van der Waals surface area contributed by atoms with Gasteiger partial charge in [0.1, 0.15) is 16.6 Å². The average molecular weight is 211 g/mol. The normalized spacial score (nSPS) is 9.43. The monoisotopic (exact) mass is 211 g/mol. The highest BCUT2D eigenvalue weighted by molar-refractivity contribution is 7.16. The molecule has 0 bridgehead atoms. The average Bonchev–Trinajstić information content (AvgIpc) is 2.58. The van der Waals surface area contributed by atoms with E-state index in [-0.39, 0.29) is 5.00 Å². The van der Waals surface area contributed by atoms with E-state index in [9.17, 15) is 10.1 Å². The minimum atomic E-state index is -0.469. The topological polar surface area (TPSA) is 79.0 Å². The Labute approximate surface area is 85.1 Å². The predicted molar refractivity (Wildman–Crippen MR) is 54.5 cm³/mol. The highest BCUT2D eigenvalue weighted by Gasteiger charge is 2.18. The lowest BCUT2D eigenvalue weighted by atomic mass is 10.4. The highest BCUT2D eigenvalue weighted by Crippen LogP contribution is 2.34. The third-order valence-electron chi connectivity index (χ3n) is 1.55. The van der Waals surface area contributed by atoms with Gasteiger partial charge in [-0.05, 0) is 23.8 Å². The van der Waals surface area contributed by atoms with Crippen molar-refractivity contribution in [3.05, 3.63) is 21.1 Å². The Hall–Kier alpha value is -1.61. The Morgan fingerprint density at radius 2 is 2.50 bits per heavy atom. The molecule has 0 atom stereocenters. The van der Waals surface area contributed by atoms with Crippen LogP contribution in [0.25, 0.3) is 0 Å². The van der Waals surface area contributed by atoms with Crippen molar-refractivity contribution in [3.8, 4) is 6.07 Å². The zero-order chi connectivity index (χ0) is 10.6. The van der Waals surface area contributed by atoms with E-state index in [0.717, 1.165) is 17.8 Å². The van der Waals surface area contributed by atoms with E-state index < -0.39 is 4.92 Å². The summed E-state index contributed by atoms with van der Waals surface area (Å²) in [6.45, 7) is 2.64. The minimum Gasteiger partial charge on any atom is -0.379 e. The van der Waals surface area contributed by atoms with Gasteiger partial charge in [-0.1, -0.05) is 6.92 Å². The first-order chi connectivity index (χ1) is 6.69. The molecule has 0 aliphatic rings. The van der Waals surface area contributed by atoms with E-state index in [4.69, 9.17) is 5.26 Å². The molecule has 0 saturated carbocycles. The first-order valence-corrected chi connectivity index (χ1v) is 4.93. The molecule has 0 fully saturated rings. The van der Waals surface area contributed by atoms with Crippen LogP contribution in [-0.2, 0) is 0 Å². The third kappa shape index (κ3) is 2.20. The summed E-state index contributed by atoms with van der Waals surface area (Å²) >= 11 is 0.895. The van der Waals surface area contributed by atoms with E-state index >= 15 is 0 Å². The number of nitrogens with one attached hydrogen (secondary N) is 1. The van der Waals surface area contributed by atoms with Crippen LogP contribution >= 0.6 is 11.3 Å². The van der Waals surface area contributed by atoms with Crippen molar-refractivity contribution in [2.45, 2.75) is 13.3 Å². The van der Waals surface area contributed by atoms with Crippen molar-refractivity contribution < 1.29 is 4.92 Å². The van der Waals surface area contributed by atoms with Gasteiger partial charge in [-0.15, -0.1) is 0 Å². The Morgan fingerprint density at radius 3 is 3.00 bits per heavy atom. The molecule has 0 aliphatic carbocycles. The Morgan fingerprint density at radius 1 is 1.79 bits per heavy atom. The second kappa shape index (κ2) is 4.58. The number of thiophene rings is 1. The molecule has 14 heavy (non-hydrogen) atoms. The molecular formula is C8H9N3O2S. The fourth-order valence-electron chi connectivity index (χ4n) is 0.958. The molecule has 1 N–H and O–H groups in total. The first kappa shape index (κ1) is 10.5. The molecule has 6 heteroatoms. The summed E-state index contributed by atoms with van der Waals surface area (Å²) in [4.78, 5) is 10.5. The van der Waals surface area contributed by atoms with Crippen LogP contribution in [0, 0.1) is 21.4 Å². The number of nitrogens with zero attached hydrogens (tertiary/aromatic N) is 2. The van der Waals surface area contributed by atoms with Gasteiger partial charge in [0.2, 0.25) is 0 Å². The molecule has 0 radical (unpaired) electrons. The van der Waals surface area contributed by atoms with E-state index in [0.29, 0.717) is 17.1 Å². The fourth-order valence-corrected chi connectivity index (χ4v) is 1.70. The van der Waals surface area contributed by atoms with Crippen molar-refractivity contribution in [2.75, 3.05) is 11.9 Å². The molecule has 0 aliphatic heterocycles. The number of nitro groups is 1. The van der Waals surface area contributed by atoms with E-state index in [2.05, 4.69) is 5.32 Å². The van der Waals surface area contributed by atoms with Gasteiger partial charge in [0.05, 0.1) is 4.92 Å². The van der Waals surface area contributed by atoms with Crippen molar-refractivity contribution in [1.29, 1.82) is 5.26 Å². The molecule has 0 saturated heterocycles. The van der Waals surface area contributed by atoms with Gasteiger partial charge in [0.15, 0.2) is 0 Å². The molecule has 1 rings (SSSR count). The maximum absolute atomic E-state index is 10.6. The summed E-state index contributed by atoms with van der Waals surface area (Å²) in [5.41, 5.74) is 0.443. The van der Waals surface area contributed by atoms with Gasteiger partial charge in [-0.25, -0.2) is 0 Å². The summed E-state index contributed by atoms with van der Waals surface area (Å²) in [5, 5.41) is 22.1.